The predicted molar refractivity (Wildman–Crippen MR) is 198 cm³/mol. The molecule has 0 bridgehead atoms. The molecule has 0 unspecified atom stereocenters. The largest absolute Gasteiger partial charge is 0.453 e. The summed E-state index contributed by atoms with van der Waals surface area (Å²) in [7, 11) is 1.18. The van der Waals surface area contributed by atoms with E-state index in [-0.39, 0.29) is 23.7 Å². The van der Waals surface area contributed by atoms with Crippen LogP contribution in [0.1, 0.15) is 77.1 Å². The molecule has 2 aromatic heterocycles. The van der Waals surface area contributed by atoms with Crippen molar-refractivity contribution >= 4 is 39.7 Å². The molecule has 0 saturated carbocycles. The van der Waals surface area contributed by atoms with Gasteiger partial charge in [-0.2, -0.15) is 0 Å². The third kappa shape index (κ3) is 7.21. The van der Waals surface area contributed by atoms with Gasteiger partial charge in [0.05, 0.1) is 48.7 Å². The molecule has 13 heteroatoms. The molecule has 3 atom stereocenters. The zero-order valence-electron chi connectivity index (χ0n) is 30.6. The number of nitrogens with one attached hydrogen (secondary N) is 3. The molecule has 2 aliphatic heterocycles. The molecule has 53 heavy (non-hydrogen) atoms. The van der Waals surface area contributed by atoms with Crippen molar-refractivity contribution in [2.45, 2.75) is 77.4 Å². The number of aromatic amines is 2. The van der Waals surface area contributed by atoms with E-state index < -0.39 is 43.0 Å². The second kappa shape index (κ2) is 14.2. The summed E-state index contributed by atoms with van der Waals surface area (Å²) < 4.78 is 34.2. The van der Waals surface area contributed by atoms with Gasteiger partial charge in [0.15, 0.2) is 0 Å². The zero-order chi connectivity index (χ0) is 37.6. The number of imidazole rings is 2. The van der Waals surface area contributed by atoms with Crippen LogP contribution in [0.25, 0.3) is 44.2 Å². The van der Waals surface area contributed by atoms with Crippen LogP contribution in [-0.4, -0.2) is 79.8 Å². The van der Waals surface area contributed by atoms with Gasteiger partial charge in [0, 0.05) is 24.8 Å². The minimum Gasteiger partial charge on any atom is -0.453 e. The van der Waals surface area contributed by atoms with Crippen molar-refractivity contribution in [2.24, 2.45) is 11.8 Å². The van der Waals surface area contributed by atoms with Gasteiger partial charge in [0.25, 0.3) is 5.92 Å². The van der Waals surface area contributed by atoms with Gasteiger partial charge in [0.1, 0.15) is 17.7 Å². The van der Waals surface area contributed by atoms with Gasteiger partial charge in [-0.1, -0.05) is 70.2 Å². The van der Waals surface area contributed by atoms with E-state index in [4.69, 9.17) is 4.98 Å². The first-order valence-corrected chi connectivity index (χ1v) is 18.2. The summed E-state index contributed by atoms with van der Waals surface area (Å²) in [5.41, 5.74) is 5.28. The Labute approximate surface area is 306 Å². The highest BCUT2D eigenvalue weighted by Crippen LogP contribution is 2.41. The van der Waals surface area contributed by atoms with Crippen LogP contribution in [-0.2, 0) is 14.3 Å². The fraction of sp³-hybridized carbons (Fsp3) is 0.425. The van der Waals surface area contributed by atoms with Crippen molar-refractivity contribution in [3.8, 4) is 22.4 Å². The van der Waals surface area contributed by atoms with Gasteiger partial charge in [0.2, 0.25) is 11.8 Å². The number of alkyl carbamates (subject to hydrolysis) is 1. The van der Waals surface area contributed by atoms with Crippen molar-refractivity contribution in [3.05, 3.63) is 72.4 Å². The fourth-order valence-corrected chi connectivity index (χ4v) is 7.64. The van der Waals surface area contributed by atoms with E-state index >= 15 is 0 Å². The number of aromatic nitrogens is 4. The maximum absolute atomic E-state index is 14.8. The smallest absolute Gasteiger partial charge is 0.407 e. The van der Waals surface area contributed by atoms with Crippen molar-refractivity contribution in [3.63, 3.8) is 0 Å². The third-order valence-corrected chi connectivity index (χ3v) is 10.3. The number of nitrogens with zero attached hydrogens (tertiary/aromatic N) is 4. The molecule has 3 aromatic carbocycles. The molecular formula is C40H45F2N7O4. The Bertz CT molecular complexity index is 2160. The molecular weight excluding hydrogens is 680 g/mol. The SMILES string of the molecule is COC(=O)N[C@H](C(=O)N1CC(F)(F)C[C@H]1c1ncc(-c2ccc(-c3ccc4c(ccc5[nH]c([C@@H]6CCCN6C(=O)CC(C)C)nc54)c3)cc2)[nH]1)C(C)C. The Morgan fingerprint density at radius 3 is 2.40 bits per heavy atom. The third-order valence-electron chi connectivity index (χ3n) is 10.3. The highest BCUT2D eigenvalue weighted by atomic mass is 19.3. The second-order valence-electron chi connectivity index (χ2n) is 15.0. The van der Waals surface area contributed by atoms with E-state index in [2.05, 4.69) is 63.1 Å². The molecule has 0 aliphatic carbocycles. The number of likely N-dealkylation sites (tertiary alicyclic amines) is 2. The van der Waals surface area contributed by atoms with Crippen LogP contribution in [0, 0.1) is 11.8 Å². The van der Waals surface area contributed by atoms with Crippen LogP contribution < -0.4 is 5.32 Å². The number of alkyl halides is 2. The average Bonchev–Trinajstić information content (AvgIpc) is 3.94. The van der Waals surface area contributed by atoms with E-state index in [1.54, 1.807) is 20.0 Å². The number of hydrogen-bond acceptors (Lipinski definition) is 6. The molecule has 4 heterocycles. The first kappa shape index (κ1) is 36.0. The summed E-state index contributed by atoms with van der Waals surface area (Å²) in [6.45, 7) is 7.57. The lowest BCUT2D eigenvalue weighted by atomic mass is 9.99. The summed E-state index contributed by atoms with van der Waals surface area (Å²) in [5.74, 6) is -2.52. The molecule has 278 valence electrons. The number of amides is 3. The van der Waals surface area contributed by atoms with E-state index in [1.807, 2.05) is 35.2 Å². The molecule has 2 fully saturated rings. The summed E-state index contributed by atoms with van der Waals surface area (Å²) >= 11 is 0. The standard InChI is InChI=1S/C40H45F2N7O4/c1-22(2)17-33(50)48-16-6-7-31(48)37-44-29-15-13-27-18-26(12-14-28(27)35(29)46-37)24-8-10-25(11-9-24)30-20-43-36(45-30)32-19-40(41,42)21-49(32)38(51)34(23(3)4)47-39(52)53-5/h8-15,18,20,22-23,31-32,34H,6-7,16-17,19,21H2,1-5H3,(H,43,45)(H,44,46)(H,47,52)/t31-,32-,34-/m0/s1. The summed E-state index contributed by atoms with van der Waals surface area (Å²) in [6.07, 6.45) is 2.59. The molecule has 5 aromatic rings. The normalized spacial score (nSPS) is 19.1. The maximum Gasteiger partial charge on any atom is 0.407 e. The van der Waals surface area contributed by atoms with Crippen LogP contribution in [0.4, 0.5) is 13.6 Å². The van der Waals surface area contributed by atoms with Gasteiger partial charge in [-0.25, -0.2) is 23.5 Å². The van der Waals surface area contributed by atoms with Gasteiger partial charge in [-0.15, -0.1) is 0 Å². The number of rotatable bonds is 9. The van der Waals surface area contributed by atoms with Crippen LogP contribution in [0.2, 0.25) is 0 Å². The fourth-order valence-electron chi connectivity index (χ4n) is 7.64. The lowest BCUT2D eigenvalue weighted by Crippen LogP contribution is -2.51. The monoisotopic (exact) mass is 725 g/mol. The first-order chi connectivity index (χ1) is 25.3. The quantitative estimate of drug-likeness (QED) is 0.142. The van der Waals surface area contributed by atoms with Crippen LogP contribution in [0.3, 0.4) is 0 Å². The van der Waals surface area contributed by atoms with E-state index in [9.17, 15) is 23.2 Å². The topological polar surface area (TPSA) is 136 Å². The minimum absolute atomic E-state index is 0.0412. The van der Waals surface area contributed by atoms with Crippen LogP contribution in [0.5, 0.6) is 0 Å². The summed E-state index contributed by atoms with van der Waals surface area (Å²) in [4.78, 5) is 57.5. The van der Waals surface area contributed by atoms with Gasteiger partial charge in [-0.05, 0) is 58.9 Å². The number of halogens is 2. The van der Waals surface area contributed by atoms with Crippen molar-refractivity contribution in [1.82, 2.24) is 35.1 Å². The molecule has 0 spiro atoms. The highest BCUT2D eigenvalue weighted by Gasteiger charge is 2.50. The molecule has 3 amide bonds. The first-order valence-electron chi connectivity index (χ1n) is 18.2. The number of carbonyl (C=O) groups excluding carboxylic acids is 3. The van der Waals surface area contributed by atoms with E-state index in [1.165, 1.54) is 7.11 Å². The van der Waals surface area contributed by atoms with Crippen molar-refractivity contribution < 1.29 is 27.9 Å². The number of fused-ring (bicyclic) bond motifs is 3. The average molecular weight is 726 g/mol. The minimum atomic E-state index is -3.11. The lowest BCUT2D eigenvalue weighted by Gasteiger charge is -2.29. The molecule has 2 aliphatic rings. The molecule has 0 radical (unpaired) electrons. The Morgan fingerprint density at radius 2 is 1.68 bits per heavy atom. The summed E-state index contributed by atoms with van der Waals surface area (Å²) in [5, 5.41) is 4.56. The molecule has 2 saturated heterocycles. The van der Waals surface area contributed by atoms with Gasteiger partial charge < -0.3 is 29.8 Å². The van der Waals surface area contributed by atoms with Crippen LogP contribution in [0.15, 0.2) is 60.8 Å². The number of methoxy groups -OCH3 is 1. The van der Waals surface area contributed by atoms with Crippen LogP contribution >= 0.6 is 0 Å². The maximum atomic E-state index is 14.8. The second-order valence-corrected chi connectivity index (χ2v) is 15.0. The Morgan fingerprint density at radius 1 is 0.943 bits per heavy atom. The molecule has 11 nitrogen and oxygen atoms in total. The molecule has 3 N–H and O–H groups in total. The lowest BCUT2D eigenvalue weighted by molar-refractivity contribution is -0.136. The van der Waals surface area contributed by atoms with Crippen molar-refractivity contribution in [2.75, 3.05) is 20.2 Å². The van der Waals surface area contributed by atoms with Gasteiger partial charge in [-0.3, -0.25) is 9.59 Å². The van der Waals surface area contributed by atoms with Crippen molar-refractivity contribution in [1.29, 1.82) is 0 Å². The Kier molecular flexibility index (Phi) is 9.69. The number of ether oxygens (including phenoxy) is 1. The summed E-state index contributed by atoms with van der Waals surface area (Å²) in [6, 6.07) is 16.2. The zero-order valence-corrected chi connectivity index (χ0v) is 30.6. The molecule has 7 rings (SSSR count). The number of hydrogen-bond donors (Lipinski definition) is 3. The predicted octanol–water partition coefficient (Wildman–Crippen LogP) is 7.77. The number of benzene rings is 3. The Hall–Kier alpha value is -5.33. The van der Waals surface area contributed by atoms with E-state index in [0.717, 1.165) is 68.6 Å². The number of carbonyl (C=O) groups is 3. The van der Waals surface area contributed by atoms with Gasteiger partial charge >= 0.3 is 6.09 Å². The highest BCUT2D eigenvalue weighted by molar-refractivity contribution is 6.05. The number of H-pyrrole nitrogens is 2. The Balaban J connectivity index is 1.09. The van der Waals surface area contributed by atoms with E-state index in [0.29, 0.717) is 18.0 Å².